The van der Waals surface area contributed by atoms with Gasteiger partial charge in [0, 0.05) is 45.3 Å². The van der Waals surface area contributed by atoms with Crippen molar-refractivity contribution < 1.29 is 4.79 Å². The number of hydrogen-bond acceptors (Lipinski definition) is 4. The van der Waals surface area contributed by atoms with Crippen molar-refractivity contribution in [1.82, 2.24) is 20.7 Å². The van der Waals surface area contributed by atoms with Gasteiger partial charge in [0.05, 0.1) is 5.92 Å². The molecule has 3 unspecified atom stereocenters. The van der Waals surface area contributed by atoms with Gasteiger partial charge in [0.25, 0.3) is 0 Å². The van der Waals surface area contributed by atoms with Crippen LogP contribution in [0.25, 0.3) is 0 Å². The number of hydrazine groups is 1. The minimum atomic E-state index is 0.162. The summed E-state index contributed by atoms with van der Waals surface area (Å²) in [6, 6.07) is 11.0. The molecule has 2 N–H and O–H groups in total. The van der Waals surface area contributed by atoms with Crippen LogP contribution < -0.4 is 10.9 Å². The Labute approximate surface area is 150 Å². The minimum Gasteiger partial charge on any atom is -0.341 e. The molecule has 2 saturated heterocycles. The molecule has 2 aliphatic heterocycles. The standard InChI is InChI=1S/C20H30N4O/c25-20(18-9-4-8-17-14-21-22-19(17)18)24-11-5-10-23(12-13-24)15-16-6-2-1-3-7-16/h1-3,6-7,17-19,21-22H,4-5,8-15H2. The second-order valence-corrected chi connectivity index (χ2v) is 7.79. The Morgan fingerprint density at radius 1 is 1.04 bits per heavy atom. The number of carbonyl (C=O) groups excluding carboxylic acids is 1. The van der Waals surface area contributed by atoms with Gasteiger partial charge >= 0.3 is 0 Å². The van der Waals surface area contributed by atoms with Crippen molar-refractivity contribution in [3.8, 4) is 0 Å². The van der Waals surface area contributed by atoms with E-state index in [0.29, 0.717) is 17.9 Å². The molecule has 0 aromatic heterocycles. The van der Waals surface area contributed by atoms with Crippen molar-refractivity contribution in [3.05, 3.63) is 35.9 Å². The van der Waals surface area contributed by atoms with Gasteiger partial charge in [-0.05, 0) is 30.7 Å². The third-order valence-corrected chi connectivity index (χ3v) is 6.13. The molecule has 5 heteroatoms. The first-order chi connectivity index (χ1) is 12.3. The molecule has 0 spiro atoms. The van der Waals surface area contributed by atoms with Gasteiger partial charge in [0.2, 0.25) is 5.91 Å². The Morgan fingerprint density at radius 2 is 1.92 bits per heavy atom. The first kappa shape index (κ1) is 17.0. The molecule has 0 radical (unpaired) electrons. The van der Waals surface area contributed by atoms with Crippen LogP contribution in [0.15, 0.2) is 30.3 Å². The summed E-state index contributed by atoms with van der Waals surface area (Å²) in [6.07, 6.45) is 4.55. The van der Waals surface area contributed by atoms with E-state index in [1.165, 1.54) is 18.4 Å². The largest absolute Gasteiger partial charge is 0.341 e. The van der Waals surface area contributed by atoms with Gasteiger partial charge < -0.3 is 4.90 Å². The smallest absolute Gasteiger partial charge is 0.227 e. The molecule has 3 fully saturated rings. The lowest BCUT2D eigenvalue weighted by atomic mass is 9.77. The normalized spacial score (nSPS) is 30.7. The van der Waals surface area contributed by atoms with Crippen LogP contribution in [0.4, 0.5) is 0 Å². The molecule has 1 aromatic carbocycles. The summed E-state index contributed by atoms with van der Waals surface area (Å²) in [5, 5.41) is 0. The summed E-state index contributed by atoms with van der Waals surface area (Å²) in [7, 11) is 0. The van der Waals surface area contributed by atoms with Crippen LogP contribution in [0.5, 0.6) is 0 Å². The van der Waals surface area contributed by atoms with Crippen molar-refractivity contribution in [2.75, 3.05) is 32.7 Å². The fourth-order valence-corrected chi connectivity index (χ4v) is 4.75. The zero-order chi connectivity index (χ0) is 17.1. The van der Waals surface area contributed by atoms with E-state index in [0.717, 1.165) is 52.1 Å². The summed E-state index contributed by atoms with van der Waals surface area (Å²) in [5.41, 5.74) is 8.01. The molecule has 136 valence electrons. The first-order valence-corrected chi connectivity index (χ1v) is 9.85. The van der Waals surface area contributed by atoms with Crippen molar-refractivity contribution in [2.45, 2.75) is 38.3 Å². The Bertz CT molecular complexity index is 578. The van der Waals surface area contributed by atoms with E-state index < -0.39 is 0 Å². The minimum absolute atomic E-state index is 0.162. The van der Waals surface area contributed by atoms with Crippen LogP contribution in [0, 0.1) is 11.8 Å². The van der Waals surface area contributed by atoms with Crippen molar-refractivity contribution >= 4 is 5.91 Å². The van der Waals surface area contributed by atoms with Crippen LogP contribution in [-0.4, -0.2) is 54.5 Å². The molecule has 4 rings (SSSR count). The lowest BCUT2D eigenvalue weighted by Gasteiger charge is -2.35. The second kappa shape index (κ2) is 7.85. The monoisotopic (exact) mass is 342 g/mol. The van der Waals surface area contributed by atoms with Crippen molar-refractivity contribution in [1.29, 1.82) is 0 Å². The van der Waals surface area contributed by atoms with E-state index in [1.807, 2.05) is 0 Å². The van der Waals surface area contributed by atoms with E-state index in [1.54, 1.807) is 0 Å². The number of carbonyl (C=O) groups is 1. The Hall–Kier alpha value is -1.43. The number of benzene rings is 1. The number of fused-ring (bicyclic) bond motifs is 1. The highest BCUT2D eigenvalue weighted by Gasteiger charge is 2.41. The van der Waals surface area contributed by atoms with E-state index >= 15 is 0 Å². The molecule has 25 heavy (non-hydrogen) atoms. The van der Waals surface area contributed by atoms with Gasteiger partial charge in [-0.3, -0.25) is 20.5 Å². The summed E-state index contributed by atoms with van der Waals surface area (Å²) in [4.78, 5) is 17.8. The molecular formula is C20H30N4O. The number of hydrogen-bond donors (Lipinski definition) is 2. The van der Waals surface area contributed by atoms with Crippen molar-refractivity contribution in [2.24, 2.45) is 11.8 Å². The Kier molecular flexibility index (Phi) is 5.34. The summed E-state index contributed by atoms with van der Waals surface area (Å²) in [6.45, 7) is 5.84. The van der Waals surface area contributed by atoms with Crippen LogP contribution >= 0.6 is 0 Å². The quantitative estimate of drug-likeness (QED) is 0.876. The molecule has 1 aromatic rings. The molecule has 5 nitrogen and oxygen atoms in total. The van der Waals surface area contributed by atoms with E-state index in [-0.39, 0.29) is 5.92 Å². The topological polar surface area (TPSA) is 47.6 Å². The number of amides is 1. The van der Waals surface area contributed by atoms with E-state index in [9.17, 15) is 4.79 Å². The van der Waals surface area contributed by atoms with Crippen LogP contribution in [0.1, 0.15) is 31.2 Å². The maximum absolute atomic E-state index is 13.2. The highest BCUT2D eigenvalue weighted by Crippen LogP contribution is 2.32. The average Bonchev–Trinajstić information content (AvgIpc) is 3.01. The van der Waals surface area contributed by atoms with Crippen LogP contribution in [0.3, 0.4) is 0 Å². The molecule has 0 bridgehead atoms. The van der Waals surface area contributed by atoms with E-state index in [4.69, 9.17) is 0 Å². The van der Waals surface area contributed by atoms with Crippen molar-refractivity contribution in [3.63, 3.8) is 0 Å². The number of nitrogens with one attached hydrogen (secondary N) is 2. The van der Waals surface area contributed by atoms with Crippen LogP contribution in [-0.2, 0) is 11.3 Å². The summed E-state index contributed by atoms with van der Waals surface area (Å²) < 4.78 is 0. The highest BCUT2D eigenvalue weighted by molar-refractivity contribution is 5.80. The van der Waals surface area contributed by atoms with Gasteiger partial charge in [-0.15, -0.1) is 0 Å². The molecule has 3 aliphatic rings. The molecular weight excluding hydrogens is 312 g/mol. The third kappa shape index (κ3) is 3.89. The maximum Gasteiger partial charge on any atom is 0.227 e. The lowest BCUT2D eigenvalue weighted by Crippen LogP contribution is -2.49. The van der Waals surface area contributed by atoms with Gasteiger partial charge in [-0.1, -0.05) is 36.8 Å². The van der Waals surface area contributed by atoms with E-state index in [2.05, 4.69) is 51.0 Å². The average molecular weight is 342 g/mol. The van der Waals surface area contributed by atoms with Gasteiger partial charge in [-0.2, -0.15) is 0 Å². The second-order valence-electron chi connectivity index (χ2n) is 7.79. The molecule has 1 amide bonds. The molecule has 1 aliphatic carbocycles. The van der Waals surface area contributed by atoms with Gasteiger partial charge in [0.15, 0.2) is 0 Å². The molecule has 2 heterocycles. The Morgan fingerprint density at radius 3 is 2.80 bits per heavy atom. The Balaban J connectivity index is 1.35. The third-order valence-electron chi connectivity index (χ3n) is 6.13. The first-order valence-electron chi connectivity index (χ1n) is 9.85. The zero-order valence-corrected chi connectivity index (χ0v) is 15.0. The summed E-state index contributed by atoms with van der Waals surface area (Å²) >= 11 is 0. The zero-order valence-electron chi connectivity index (χ0n) is 15.0. The van der Waals surface area contributed by atoms with Gasteiger partial charge in [-0.25, -0.2) is 0 Å². The lowest BCUT2D eigenvalue weighted by molar-refractivity contribution is -0.137. The maximum atomic E-state index is 13.2. The summed E-state index contributed by atoms with van der Waals surface area (Å²) in [5.74, 6) is 1.17. The fourth-order valence-electron chi connectivity index (χ4n) is 4.75. The molecule has 1 saturated carbocycles. The fraction of sp³-hybridized carbons (Fsp3) is 0.650. The SMILES string of the molecule is O=C(C1CCCC2CNNC21)N1CCCN(Cc2ccccc2)CC1. The predicted molar refractivity (Wildman–Crippen MR) is 98.7 cm³/mol. The van der Waals surface area contributed by atoms with Crippen LogP contribution in [0.2, 0.25) is 0 Å². The predicted octanol–water partition coefficient (Wildman–Crippen LogP) is 1.61. The molecule has 3 atom stereocenters. The number of nitrogens with zero attached hydrogens (tertiary/aromatic N) is 2. The van der Waals surface area contributed by atoms with Gasteiger partial charge in [0.1, 0.15) is 0 Å². The highest BCUT2D eigenvalue weighted by atomic mass is 16.2. The number of rotatable bonds is 3.